The number of unbranched alkanes of at least 4 members (excludes halogenated alkanes) is 1. The van der Waals surface area contributed by atoms with Crippen LogP contribution in [0.15, 0.2) is 0 Å². The SMILES string of the molecule is CCCNC1CCCN(CCCCN(C)C)C1=O. The van der Waals surface area contributed by atoms with Gasteiger partial charge in [0.05, 0.1) is 6.04 Å². The third-order valence-corrected chi connectivity index (χ3v) is 3.45. The molecule has 1 atom stereocenters. The van der Waals surface area contributed by atoms with Crippen LogP contribution in [0.1, 0.15) is 39.0 Å². The van der Waals surface area contributed by atoms with Crippen molar-refractivity contribution in [3.05, 3.63) is 0 Å². The Kier molecular flexibility index (Phi) is 7.28. The molecule has 1 heterocycles. The molecule has 4 heteroatoms. The molecule has 0 spiro atoms. The van der Waals surface area contributed by atoms with Crippen LogP contribution in [-0.2, 0) is 4.79 Å². The van der Waals surface area contributed by atoms with E-state index in [-0.39, 0.29) is 6.04 Å². The average molecular weight is 255 g/mol. The van der Waals surface area contributed by atoms with Gasteiger partial charge in [-0.3, -0.25) is 4.79 Å². The first-order chi connectivity index (χ1) is 8.65. The number of likely N-dealkylation sites (tertiary alicyclic amines) is 1. The number of piperidine rings is 1. The van der Waals surface area contributed by atoms with Gasteiger partial charge in [0, 0.05) is 13.1 Å². The maximum atomic E-state index is 12.2. The van der Waals surface area contributed by atoms with Crippen LogP contribution in [-0.4, -0.2) is 62.0 Å². The van der Waals surface area contributed by atoms with E-state index in [4.69, 9.17) is 0 Å². The van der Waals surface area contributed by atoms with Crippen LogP contribution in [0.5, 0.6) is 0 Å². The first-order valence-corrected chi connectivity index (χ1v) is 7.32. The van der Waals surface area contributed by atoms with Gasteiger partial charge >= 0.3 is 0 Å². The topological polar surface area (TPSA) is 35.6 Å². The summed E-state index contributed by atoms with van der Waals surface area (Å²) in [6.07, 6.45) is 5.52. The summed E-state index contributed by atoms with van der Waals surface area (Å²) >= 11 is 0. The minimum absolute atomic E-state index is 0.0764. The van der Waals surface area contributed by atoms with E-state index in [9.17, 15) is 4.79 Å². The molecule has 0 bridgehead atoms. The molecule has 0 aliphatic carbocycles. The number of carbonyl (C=O) groups is 1. The molecule has 0 aromatic rings. The normalized spacial score (nSPS) is 20.8. The van der Waals surface area contributed by atoms with Gasteiger partial charge in [0.1, 0.15) is 0 Å². The summed E-state index contributed by atoms with van der Waals surface area (Å²) in [5.74, 6) is 0.319. The molecule has 1 saturated heterocycles. The van der Waals surface area contributed by atoms with E-state index in [1.165, 1.54) is 6.42 Å². The summed E-state index contributed by atoms with van der Waals surface area (Å²) in [6.45, 7) is 6.08. The molecule has 0 aromatic carbocycles. The minimum atomic E-state index is 0.0764. The number of nitrogens with zero attached hydrogens (tertiary/aromatic N) is 2. The number of hydrogen-bond acceptors (Lipinski definition) is 3. The van der Waals surface area contributed by atoms with Crippen molar-refractivity contribution in [2.75, 3.05) is 40.3 Å². The monoisotopic (exact) mass is 255 g/mol. The van der Waals surface area contributed by atoms with Crippen LogP contribution >= 0.6 is 0 Å². The maximum absolute atomic E-state index is 12.2. The van der Waals surface area contributed by atoms with Crippen LogP contribution < -0.4 is 5.32 Å². The van der Waals surface area contributed by atoms with Gasteiger partial charge in [-0.05, 0) is 59.3 Å². The number of hydrogen-bond donors (Lipinski definition) is 1. The molecular formula is C14H29N3O. The minimum Gasteiger partial charge on any atom is -0.341 e. The van der Waals surface area contributed by atoms with Crippen LogP contribution in [0.25, 0.3) is 0 Å². The second-order valence-electron chi connectivity index (χ2n) is 5.48. The first kappa shape index (κ1) is 15.4. The predicted octanol–water partition coefficient (Wildman–Crippen LogP) is 1.32. The van der Waals surface area contributed by atoms with Crippen molar-refractivity contribution in [1.82, 2.24) is 15.1 Å². The molecule has 18 heavy (non-hydrogen) atoms. The average Bonchev–Trinajstić information content (AvgIpc) is 2.34. The molecule has 1 amide bonds. The standard InChI is InChI=1S/C14H29N3O/c1-4-9-15-13-8-7-12-17(14(13)18)11-6-5-10-16(2)3/h13,15H,4-12H2,1-3H3. The number of rotatable bonds is 8. The summed E-state index contributed by atoms with van der Waals surface area (Å²) in [4.78, 5) is 16.5. The molecule has 1 fully saturated rings. The molecule has 4 nitrogen and oxygen atoms in total. The van der Waals surface area contributed by atoms with E-state index in [1.807, 2.05) is 4.90 Å². The molecule has 1 aliphatic heterocycles. The molecule has 1 aliphatic rings. The van der Waals surface area contributed by atoms with Crippen molar-refractivity contribution >= 4 is 5.91 Å². The Hall–Kier alpha value is -0.610. The van der Waals surface area contributed by atoms with Crippen LogP contribution in [0, 0.1) is 0 Å². The second kappa shape index (κ2) is 8.48. The molecule has 1 unspecified atom stereocenters. The lowest BCUT2D eigenvalue weighted by molar-refractivity contribution is -0.136. The third-order valence-electron chi connectivity index (χ3n) is 3.45. The van der Waals surface area contributed by atoms with Gasteiger partial charge < -0.3 is 15.1 Å². The smallest absolute Gasteiger partial charge is 0.239 e. The second-order valence-corrected chi connectivity index (χ2v) is 5.48. The van der Waals surface area contributed by atoms with Crippen LogP contribution in [0.4, 0.5) is 0 Å². The summed E-state index contributed by atoms with van der Waals surface area (Å²) in [5, 5.41) is 3.36. The number of nitrogens with one attached hydrogen (secondary N) is 1. The van der Waals surface area contributed by atoms with Gasteiger partial charge in [0.25, 0.3) is 0 Å². The van der Waals surface area contributed by atoms with Crippen molar-refractivity contribution < 1.29 is 4.79 Å². The van der Waals surface area contributed by atoms with Gasteiger partial charge in [-0.25, -0.2) is 0 Å². The molecule has 0 radical (unpaired) electrons. The van der Waals surface area contributed by atoms with Crippen molar-refractivity contribution in [3.63, 3.8) is 0 Å². The van der Waals surface area contributed by atoms with Crippen LogP contribution in [0.2, 0.25) is 0 Å². The van der Waals surface area contributed by atoms with Crippen molar-refractivity contribution in [1.29, 1.82) is 0 Å². The lowest BCUT2D eigenvalue weighted by atomic mass is 10.0. The summed E-state index contributed by atoms with van der Waals surface area (Å²) in [7, 11) is 4.19. The summed E-state index contributed by atoms with van der Waals surface area (Å²) in [6, 6.07) is 0.0764. The van der Waals surface area contributed by atoms with Gasteiger partial charge in [-0.2, -0.15) is 0 Å². The molecule has 1 N–H and O–H groups in total. The fourth-order valence-electron chi connectivity index (χ4n) is 2.40. The zero-order valence-corrected chi connectivity index (χ0v) is 12.2. The van der Waals surface area contributed by atoms with E-state index in [0.29, 0.717) is 5.91 Å². The highest BCUT2D eigenvalue weighted by Crippen LogP contribution is 2.12. The number of amides is 1. The van der Waals surface area contributed by atoms with Crippen molar-refractivity contribution in [3.8, 4) is 0 Å². The zero-order chi connectivity index (χ0) is 13.4. The summed E-state index contributed by atoms with van der Waals surface area (Å²) < 4.78 is 0. The Morgan fingerprint density at radius 2 is 2.17 bits per heavy atom. The molecule has 106 valence electrons. The van der Waals surface area contributed by atoms with E-state index >= 15 is 0 Å². The highest BCUT2D eigenvalue weighted by atomic mass is 16.2. The highest BCUT2D eigenvalue weighted by Gasteiger charge is 2.27. The lowest BCUT2D eigenvalue weighted by Crippen LogP contribution is -2.51. The zero-order valence-electron chi connectivity index (χ0n) is 12.2. The first-order valence-electron chi connectivity index (χ1n) is 7.32. The predicted molar refractivity (Wildman–Crippen MR) is 75.7 cm³/mol. The maximum Gasteiger partial charge on any atom is 0.239 e. The number of carbonyl (C=O) groups excluding carboxylic acids is 1. The van der Waals surface area contributed by atoms with E-state index in [1.54, 1.807) is 0 Å². The molecule has 0 aromatic heterocycles. The Morgan fingerprint density at radius 3 is 2.83 bits per heavy atom. The van der Waals surface area contributed by atoms with Gasteiger partial charge in [0.2, 0.25) is 5.91 Å². The Balaban J connectivity index is 2.25. The fourth-order valence-corrected chi connectivity index (χ4v) is 2.40. The summed E-state index contributed by atoms with van der Waals surface area (Å²) in [5.41, 5.74) is 0. The lowest BCUT2D eigenvalue weighted by Gasteiger charge is -2.33. The van der Waals surface area contributed by atoms with Crippen molar-refractivity contribution in [2.24, 2.45) is 0 Å². The van der Waals surface area contributed by atoms with Gasteiger partial charge in [0.15, 0.2) is 0 Å². The Labute approximate surface area is 112 Å². The quantitative estimate of drug-likeness (QED) is 0.665. The molecule has 0 saturated carbocycles. The molecule has 1 rings (SSSR count). The van der Waals surface area contributed by atoms with Gasteiger partial charge in [-0.15, -0.1) is 0 Å². The van der Waals surface area contributed by atoms with E-state index < -0.39 is 0 Å². The Bertz CT molecular complexity index is 243. The van der Waals surface area contributed by atoms with E-state index in [0.717, 1.165) is 51.9 Å². The Morgan fingerprint density at radius 1 is 1.39 bits per heavy atom. The van der Waals surface area contributed by atoms with Crippen molar-refractivity contribution in [2.45, 2.75) is 45.1 Å². The highest BCUT2D eigenvalue weighted by molar-refractivity contribution is 5.82. The van der Waals surface area contributed by atoms with E-state index in [2.05, 4.69) is 31.2 Å². The van der Waals surface area contributed by atoms with Gasteiger partial charge in [-0.1, -0.05) is 6.92 Å². The third kappa shape index (κ3) is 5.36. The van der Waals surface area contributed by atoms with Crippen LogP contribution in [0.3, 0.4) is 0 Å². The molecular weight excluding hydrogens is 226 g/mol. The fraction of sp³-hybridized carbons (Fsp3) is 0.929. The largest absolute Gasteiger partial charge is 0.341 e.